The molecule has 5 nitrogen and oxygen atoms in total. The molecule has 2 aromatic heterocycles. The van der Waals surface area contributed by atoms with Crippen LogP contribution in [0.15, 0.2) is 184 Å². The summed E-state index contributed by atoms with van der Waals surface area (Å²) in [6.07, 6.45) is 0. The van der Waals surface area contributed by atoms with Gasteiger partial charge in [-0.1, -0.05) is 127 Å². The van der Waals surface area contributed by atoms with Gasteiger partial charge >= 0.3 is 0 Å². The van der Waals surface area contributed by atoms with Crippen LogP contribution in [0.2, 0.25) is 0 Å². The molecule has 0 aliphatic rings. The number of para-hydroxylation sites is 2. The summed E-state index contributed by atoms with van der Waals surface area (Å²) in [6.45, 7) is 0.402. The first kappa shape index (κ1) is 29.4. The molecule has 7 aromatic carbocycles. The van der Waals surface area contributed by atoms with Crippen molar-refractivity contribution in [3.8, 4) is 16.8 Å². The number of hydrogen-bond donors (Lipinski definition) is 1. The van der Waals surface area contributed by atoms with Gasteiger partial charge in [0.15, 0.2) is 5.84 Å². The van der Waals surface area contributed by atoms with Crippen LogP contribution in [0.25, 0.3) is 60.6 Å². The number of rotatable bonds is 6. The quantitative estimate of drug-likeness (QED) is 0.145. The van der Waals surface area contributed by atoms with Gasteiger partial charge in [0.05, 0.1) is 17.6 Å². The number of benzene rings is 7. The highest BCUT2D eigenvalue weighted by molar-refractivity contribution is 6.16. The van der Waals surface area contributed by atoms with Gasteiger partial charge in [-0.25, -0.2) is 4.99 Å². The smallest absolute Gasteiger partial charge is 0.157 e. The standard InChI is InChI=1S/C45H32N4O/c46-44(30-14-4-1-5-15-30)48-45(31-16-6-2-7-17-31)47-29-33-18-12-24-40-42(33)43-35(22-13-25-41(43)50-40)32-26-27-39-37(28-32)36-21-10-11-23-38(36)49(39)34-19-8-3-9-20-34/h1-28H,29H2,(H2,46,47,48). The van der Waals surface area contributed by atoms with Crippen molar-refractivity contribution in [2.75, 3.05) is 0 Å². The summed E-state index contributed by atoms with van der Waals surface area (Å²) in [7, 11) is 0. The van der Waals surface area contributed by atoms with E-state index in [1.807, 2.05) is 78.9 Å². The zero-order valence-corrected chi connectivity index (χ0v) is 27.2. The van der Waals surface area contributed by atoms with Gasteiger partial charge in [0.2, 0.25) is 0 Å². The number of hydrogen-bond acceptors (Lipinski definition) is 2. The lowest BCUT2D eigenvalue weighted by molar-refractivity contribution is 0.668. The lowest BCUT2D eigenvalue weighted by Crippen LogP contribution is -2.16. The second kappa shape index (κ2) is 12.4. The Balaban J connectivity index is 1.20. The van der Waals surface area contributed by atoms with Gasteiger partial charge in [-0.3, -0.25) is 4.99 Å². The zero-order valence-electron chi connectivity index (χ0n) is 27.2. The molecule has 2 N–H and O–H groups in total. The molecular formula is C45H32N4O. The molecule has 0 aliphatic heterocycles. The SMILES string of the molecule is NC(=NC(=NCc1cccc2oc3cccc(-c4ccc5c(c4)c4ccccc4n5-c4ccccc4)c3c12)c1ccccc1)c1ccccc1. The zero-order chi connectivity index (χ0) is 33.4. The van der Waals surface area contributed by atoms with E-state index in [0.29, 0.717) is 18.2 Å². The topological polar surface area (TPSA) is 68.8 Å². The number of aliphatic imine (C=N–C) groups is 2. The largest absolute Gasteiger partial charge is 0.456 e. The van der Waals surface area contributed by atoms with E-state index in [1.54, 1.807) is 0 Å². The lowest BCUT2D eigenvalue weighted by atomic mass is 9.96. The summed E-state index contributed by atoms with van der Waals surface area (Å²) in [4.78, 5) is 9.90. The van der Waals surface area contributed by atoms with E-state index in [0.717, 1.165) is 55.4 Å². The first-order chi connectivity index (χ1) is 24.7. The van der Waals surface area contributed by atoms with Crippen LogP contribution in [0.3, 0.4) is 0 Å². The Bertz CT molecular complexity index is 2720. The molecule has 0 unspecified atom stereocenters. The van der Waals surface area contributed by atoms with Gasteiger partial charge in [-0.2, -0.15) is 0 Å². The minimum absolute atomic E-state index is 0.402. The number of amidine groups is 2. The molecule has 0 amide bonds. The number of aromatic nitrogens is 1. The van der Waals surface area contributed by atoms with Crippen molar-refractivity contribution in [2.24, 2.45) is 15.7 Å². The van der Waals surface area contributed by atoms with Gasteiger partial charge < -0.3 is 14.7 Å². The second-order valence-corrected chi connectivity index (χ2v) is 12.4. The Hall–Kier alpha value is -6.72. The van der Waals surface area contributed by atoms with Crippen LogP contribution in [0.1, 0.15) is 16.7 Å². The molecule has 238 valence electrons. The average molecular weight is 645 g/mol. The van der Waals surface area contributed by atoms with Crippen LogP contribution in [-0.2, 0) is 6.54 Å². The molecule has 0 atom stereocenters. The van der Waals surface area contributed by atoms with Gasteiger partial charge in [0.1, 0.15) is 17.0 Å². The Labute approximate surface area is 289 Å². The Kier molecular flexibility index (Phi) is 7.29. The maximum Gasteiger partial charge on any atom is 0.157 e. The molecule has 5 heteroatoms. The van der Waals surface area contributed by atoms with E-state index in [2.05, 4.69) is 95.6 Å². The average Bonchev–Trinajstić information content (AvgIpc) is 3.73. The van der Waals surface area contributed by atoms with E-state index in [1.165, 1.54) is 21.8 Å². The van der Waals surface area contributed by atoms with Crippen LogP contribution in [0.5, 0.6) is 0 Å². The van der Waals surface area contributed by atoms with Crippen molar-refractivity contribution >= 4 is 55.4 Å². The van der Waals surface area contributed by atoms with E-state index < -0.39 is 0 Å². The fraction of sp³-hybridized carbons (Fsp3) is 0.0222. The fourth-order valence-corrected chi connectivity index (χ4v) is 7.03. The summed E-state index contributed by atoms with van der Waals surface area (Å²) in [5, 5.41) is 4.56. The molecular weight excluding hydrogens is 613 g/mol. The summed E-state index contributed by atoms with van der Waals surface area (Å²) in [5.41, 5.74) is 16.7. The molecule has 2 heterocycles. The highest BCUT2D eigenvalue weighted by atomic mass is 16.3. The molecule has 0 fully saturated rings. The number of fused-ring (bicyclic) bond motifs is 6. The predicted octanol–water partition coefficient (Wildman–Crippen LogP) is 10.7. The fourth-order valence-electron chi connectivity index (χ4n) is 7.03. The Morgan fingerprint density at radius 3 is 1.98 bits per heavy atom. The van der Waals surface area contributed by atoms with Crippen molar-refractivity contribution in [1.29, 1.82) is 0 Å². The van der Waals surface area contributed by atoms with Gasteiger partial charge in [-0.15, -0.1) is 0 Å². The summed E-state index contributed by atoms with van der Waals surface area (Å²) in [6, 6.07) is 58.2. The van der Waals surface area contributed by atoms with Gasteiger partial charge in [0, 0.05) is 38.4 Å². The summed E-state index contributed by atoms with van der Waals surface area (Å²) < 4.78 is 8.83. The number of nitrogens with zero attached hydrogens (tertiary/aromatic N) is 3. The van der Waals surface area contributed by atoms with Crippen LogP contribution >= 0.6 is 0 Å². The first-order valence-corrected chi connectivity index (χ1v) is 16.7. The molecule has 0 bridgehead atoms. The minimum atomic E-state index is 0.402. The predicted molar refractivity (Wildman–Crippen MR) is 207 cm³/mol. The highest BCUT2D eigenvalue weighted by Gasteiger charge is 2.18. The molecule has 0 radical (unpaired) electrons. The third-order valence-corrected chi connectivity index (χ3v) is 9.33. The normalized spacial score (nSPS) is 12.4. The van der Waals surface area contributed by atoms with Crippen LogP contribution in [-0.4, -0.2) is 16.2 Å². The molecule has 0 saturated heterocycles. The molecule has 9 aromatic rings. The van der Waals surface area contributed by atoms with E-state index >= 15 is 0 Å². The number of furan rings is 1. The van der Waals surface area contributed by atoms with E-state index in [-0.39, 0.29) is 0 Å². The van der Waals surface area contributed by atoms with Crippen LogP contribution < -0.4 is 5.73 Å². The van der Waals surface area contributed by atoms with Gasteiger partial charge in [-0.05, 0) is 59.2 Å². The third kappa shape index (κ3) is 5.13. The second-order valence-electron chi connectivity index (χ2n) is 12.4. The number of nitrogens with two attached hydrogens (primary N) is 1. The Morgan fingerprint density at radius 2 is 1.20 bits per heavy atom. The van der Waals surface area contributed by atoms with Crippen LogP contribution in [0.4, 0.5) is 0 Å². The van der Waals surface area contributed by atoms with Crippen LogP contribution in [0, 0.1) is 0 Å². The molecule has 0 spiro atoms. The molecule has 0 saturated carbocycles. The molecule has 0 aliphatic carbocycles. The molecule has 50 heavy (non-hydrogen) atoms. The van der Waals surface area contributed by atoms with Gasteiger partial charge in [0.25, 0.3) is 0 Å². The summed E-state index contributed by atoms with van der Waals surface area (Å²) >= 11 is 0. The third-order valence-electron chi connectivity index (χ3n) is 9.33. The minimum Gasteiger partial charge on any atom is -0.456 e. The first-order valence-electron chi connectivity index (χ1n) is 16.7. The van der Waals surface area contributed by atoms with Crippen molar-refractivity contribution in [3.05, 3.63) is 187 Å². The summed E-state index contributed by atoms with van der Waals surface area (Å²) in [5.74, 6) is 1.00. The van der Waals surface area contributed by atoms with E-state index in [4.69, 9.17) is 20.1 Å². The maximum absolute atomic E-state index is 6.50. The van der Waals surface area contributed by atoms with Crippen molar-refractivity contribution in [3.63, 3.8) is 0 Å². The highest BCUT2D eigenvalue weighted by Crippen LogP contribution is 2.41. The lowest BCUT2D eigenvalue weighted by Gasteiger charge is -2.09. The monoisotopic (exact) mass is 644 g/mol. The van der Waals surface area contributed by atoms with Crippen molar-refractivity contribution in [2.45, 2.75) is 6.54 Å². The Morgan fingerprint density at radius 1 is 0.560 bits per heavy atom. The molecule has 9 rings (SSSR count). The van der Waals surface area contributed by atoms with Crippen molar-refractivity contribution < 1.29 is 4.42 Å². The van der Waals surface area contributed by atoms with Crippen molar-refractivity contribution in [1.82, 2.24) is 4.57 Å². The van der Waals surface area contributed by atoms with E-state index in [9.17, 15) is 0 Å². The maximum atomic E-state index is 6.50.